The van der Waals surface area contributed by atoms with E-state index in [-0.39, 0.29) is 12.3 Å². The van der Waals surface area contributed by atoms with Gasteiger partial charge >= 0.3 is 0 Å². The van der Waals surface area contributed by atoms with Crippen molar-refractivity contribution in [3.05, 3.63) is 53.4 Å². The molecule has 140 valence electrons. The third-order valence-electron chi connectivity index (χ3n) is 3.81. The van der Waals surface area contributed by atoms with Crippen LogP contribution in [0.1, 0.15) is 12.3 Å². The fourth-order valence-electron chi connectivity index (χ4n) is 2.42. The summed E-state index contributed by atoms with van der Waals surface area (Å²) in [5.41, 5.74) is 1.29. The highest BCUT2D eigenvalue weighted by molar-refractivity contribution is 6.31. The number of ether oxygens (including phenoxy) is 2. The second kappa shape index (κ2) is 8.55. The van der Waals surface area contributed by atoms with Gasteiger partial charge in [-0.3, -0.25) is 4.79 Å². The van der Waals surface area contributed by atoms with Crippen LogP contribution >= 0.6 is 11.6 Å². The van der Waals surface area contributed by atoms with E-state index in [9.17, 15) is 4.79 Å². The van der Waals surface area contributed by atoms with Gasteiger partial charge in [-0.15, -0.1) is 10.2 Å². The largest absolute Gasteiger partial charge is 0.497 e. The van der Waals surface area contributed by atoms with Crippen LogP contribution in [0, 0.1) is 0 Å². The topological polar surface area (TPSA) is 86.5 Å². The third-order valence-corrected chi connectivity index (χ3v) is 4.04. The number of anilines is 1. The van der Waals surface area contributed by atoms with Gasteiger partial charge in [-0.2, -0.15) is 0 Å². The Morgan fingerprint density at radius 1 is 1.11 bits per heavy atom. The monoisotopic (exact) mass is 387 g/mol. The van der Waals surface area contributed by atoms with E-state index < -0.39 is 0 Å². The van der Waals surface area contributed by atoms with Crippen LogP contribution in [-0.2, 0) is 11.2 Å². The Hall–Kier alpha value is -3.06. The van der Waals surface area contributed by atoms with Crippen molar-refractivity contribution in [1.82, 2.24) is 10.2 Å². The molecule has 1 N–H and O–H groups in total. The summed E-state index contributed by atoms with van der Waals surface area (Å²) in [5.74, 6) is 1.84. The minimum atomic E-state index is -0.209. The predicted octanol–water partition coefficient (Wildman–Crippen LogP) is 3.98. The van der Waals surface area contributed by atoms with Crippen molar-refractivity contribution in [1.29, 1.82) is 0 Å². The number of nitrogens with one attached hydrogen (secondary N) is 1. The maximum Gasteiger partial charge on any atom is 0.247 e. The van der Waals surface area contributed by atoms with Gasteiger partial charge in [0.1, 0.15) is 11.5 Å². The molecule has 8 heteroatoms. The lowest BCUT2D eigenvalue weighted by atomic mass is 10.2. The molecule has 1 aromatic heterocycles. The van der Waals surface area contributed by atoms with Crippen LogP contribution < -0.4 is 14.8 Å². The van der Waals surface area contributed by atoms with E-state index in [4.69, 9.17) is 25.5 Å². The Balaban J connectivity index is 1.59. The summed E-state index contributed by atoms with van der Waals surface area (Å²) < 4.78 is 15.9. The minimum Gasteiger partial charge on any atom is -0.497 e. The number of carbonyl (C=O) groups is 1. The number of halogens is 1. The van der Waals surface area contributed by atoms with Gasteiger partial charge in [0.25, 0.3) is 0 Å². The molecule has 0 unspecified atom stereocenters. The van der Waals surface area contributed by atoms with Crippen LogP contribution in [0.15, 0.2) is 46.9 Å². The molecule has 0 atom stereocenters. The zero-order valence-corrected chi connectivity index (χ0v) is 15.6. The highest BCUT2D eigenvalue weighted by atomic mass is 35.5. The molecule has 3 rings (SSSR count). The standard InChI is InChI=1S/C19H18ClN3O4/c1-25-14-6-3-12(4-7-14)19-23-22-18(27-19)10-9-17(24)21-15-11-13(20)5-8-16(15)26-2/h3-8,11H,9-10H2,1-2H3,(H,21,24). The molecule has 0 aliphatic rings. The lowest BCUT2D eigenvalue weighted by molar-refractivity contribution is -0.116. The molecule has 3 aromatic rings. The van der Waals surface area contributed by atoms with Crippen molar-refractivity contribution in [2.45, 2.75) is 12.8 Å². The molecule has 0 aliphatic heterocycles. The van der Waals surface area contributed by atoms with Crippen LogP contribution in [0.2, 0.25) is 5.02 Å². The van der Waals surface area contributed by atoms with E-state index in [0.29, 0.717) is 34.7 Å². The Kier molecular flexibility index (Phi) is 5.93. The Morgan fingerprint density at radius 2 is 1.89 bits per heavy atom. The van der Waals surface area contributed by atoms with Gasteiger partial charge in [0, 0.05) is 23.4 Å². The van der Waals surface area contributed by atoms with Crippen LogP contribution in [0.4, 0.5) is 5.69 Å². The normalized spacial score (nSPS) is 10.5. The lowest BCUT2D eigenvalue weighted by Gasteiger charge is -2.10. The van der Waals surface area contributed by atoms with Crippen molar-refractivity contribution in [3.8, 4) is 23.0 Å². The molecule has 1 amide bonds. The zero-order valence-electron chi connectivity index (χ0n) is 14.9. The van der Waals surface area contributed by atoms with E-state index in [2.05, 4.69) is 15.5 Å². The van der Waals surface area contributed by atoms with Gasteiger partial charge in [0.2, 0.25) is 17.7 Å². The van der Waals surface area contributed by atoms with E-state index in [1.807, 2.05) is 24.3 Å². The third kappa shape index (κ3) is 4.77. The Bertz CT molecular complexity index is 925. The van der Waals surface area contributed by atoms with Crippen LogP contribution in [-0.4, -0.2) is 30.3 Å². The fraction of sp³-hybridized carbons (Fsp3) is 0.211. The first-order valence-corrected chi connectivity index (χ1v) is 8.57. The number of methoxy groups -OCH3 is 2. The predicted molar refractivity (Wildman–Crippen MR) is 101 cm³/mol. The minimum absolute atomic E-state index is 0.180. The number of benzene rings is 2. The maximum atomic E-state index is 12.2. The number of aryl methyl sites for hydroxylation is 1. The van der Waals surface area contributed by atoms with Crippen molar-refractivity contribution < 1.29 is 18.7 Å². The lowest BCUT2D eigenvalue weighted by Crippen LogP contribution is -2.13. The SMILES string of the molecule is COc1ccc(-c2nnc(CCC(=O)Nc3cc(Cl)ccc3OC)o2)cc1. The Labute approximate surface area is 161 Å². The van der Waals surface area contributed by atoms with E-state index >= 15 is 0 Å². The van der Waals surface area contributed by atoms with Crippen molar-refractivity contribution in [3.63, 3.8) is 0 Å². The molecule has 0 saturated carbocycles. The molecule has 7 nitrogen and oxygen atoms in total. The summed E-state index contributed by atoms with van der Waals surface area (Å²) in [6.07, 6.45) is 0.498. The van der Waals surface area contributed by atoms with Crippen molar-refractivity contribution in [2.75, 3.05) is 19.5 Å². The van der Waals surface area contributed by atoms with Gasteiger partial charge < -0.3 is 19.2 Å². The number of carbonyl (C=O) groups excluding carboxylic acids is 1. The molecule has 0 bridgehead atoms. The van der Waals surface area contributed by atoms with Gasteiger partial charge in [-0.25, -0.2) is 0 Å². The fourth-order valence-corrected chi connectivity index (χ4v) is 2.59. The molecule has 0 saturated heterocycles. The zero-order chi connectivity index (χ0) is 19.2. The summed E-state index contributed by atoms with van der Waals surface area (Å²) in [6, 6.07) is 12.3. The molecular weight excluding hydrogens is 370 g/mol. The molecule has 27 heavy (non-hydrogen) atoms. The van der Waals surface area contributed by atoms with Gasteiger partial charge in [-0.1, -0.05) is 11.6 Å². The first-order valence-electron chi connectivity index (χ1n) is 8.19. The number of nitrogens with zero attached hydrogens (tertiary/aromatic N) is 2. The van der Waals surface area contributed by atoms with E-state index in [1.165, 1.54) is 7.11 Å². The summed E-state index contributed by atoms with van der Waals surface area (Å²) in [7, 11) is 3.13. The quantitative estimate of drug-likeness (QED) is 0.659. The number of rotatable bonds is 7. The van der Waals surface area contributed by atoms with Crippen molar-refractivity contribution >= 4 is 23.2 Å². The average Bonchev–Trinajstić information content (AvgIpc) is 3.16. The molecule has 0 spiro atoms. The van der Waals surface area contributed by atoms with Gasteiger partial charge in [0.05, 0.1) is 19.9 Å². The first-order chi connectivity index (χ1) is 13.1. The first kappa shape index (κ1) is 18.7. The van der Waals surface area contributed by atoms with Crippen LogP contribution in [0.3, 0.4) is 0 Å². The van der Waals surface area contributed by atoms with Gasteiger partial charge in [-0.05, 0) is 42.5 Å². The van der Waals surface area contributed by atoms with E-state index in [1.54, 1.807) is 25.3 Å². The molecule has 0 fully saturated rings. The summed E-state index contributed by atoms with van der Waals surface area (Å²) in [5, 5.41) is 11.3. The maximum absolute atomic E-state index is 12.2. The van der Waals surface area contributed by atoms with Gasteiger partial charge in [0.15, 0.2) is 0 Å². The molecule has 0 aliphatic carbocycles. The Morgan fingerprint density at radius 3 is 2.59 bits per heavy atom. The summed E-state index contributed by atoms with van der Waals surface area (Å²) >= 11 is 5.96. The number of amides is 1. The highest BCUT2D eigenvalue weighted by Gasteiger charge is 2.12. The highest BCUT2D eigenvalue weighted by Crippen LogP contribution is 2.28. The smallest absolute Gasteiger partial charge is 0.247 e. The van der Waals surface area contributed by atoms with Crippen molar-refractivity contribution in [2.24, 2.45) is 0 Å². The van der Waals surface area contributed by atoms with Crippen LogP contribution in [0.25, 0.3) is 11.5 Å². The molecule has 2 aromatic carbocycles. The van der Waals surface area contributed by atoms with Crippen LogP contribution in [0.5, 0.6) is 11.5 Å². The number of hydrogen-bond acceptors (Lipinski definition) is 6. The second-order valence-corrected chi connectivity index (χ2v) is 6.06. The number of aromatic nitrogens is 2. The summed E-state index contributed by atoms with van der Waals surface area (Å²) in [4.78, 5) is 12.2. The summed E-state index contributed by atoms with van der Waals surface area (Å²) in [6.45, 7) is 0. The molecular formula is C19H18ClN3O4. The second-order valence-electron chi connectivity index (χ2n) is 5.62. The molecule has 0 radical (unpaired) electrons. The average molecular weight is 388 g/mol. The molecule has 1 heterocycles. The number of hydrogen-bond donors (Lipinski definition) is 1. The van der Waals surface area contributed by atoms with E-state index in [0.717, 1.165) is 11.3 Å².